The van der Waals surface area contributed by atoms with Gasteiger partial charge < -0.3 is 9.88 Å². The standard InChI is InChI=1S/C20H26F2N4.4C2H6/c1-4-18(15-24-6-3)26-12-8-17-13-16(14-25-19(17)26)7-9-20(21,22)10-11-23-5-2;4*1-2/h4-5,8,12-15,23H,2,6-7,9-11H2,1,3H3;4*1-2H3/b18-4+,24-15?;;;;. The highest BCUT2D eigenvalue weighted by atomic mass is 19.3. The molecule has 0 radical (unpaired) electrons. The fourth-order valence-electron chi connectivity index (χ4n) is 2.68. The number of pyridine rings is 1. The van der Waals surface area contributed by atoms with E-state index >= 15 is 0 Å². The van der Waals surface area contributed by atoms with Gasteiger partial charge in [-0.05, 0) is 44.2 Å². The van der Waals surface area contributed by atoms with E-state index in [1.165, 1.54) is 6.20 Å². The lowest BCUT2D eigenvalue weighted by atomic mass is 10.0. The molecule has 0 aromatic carbocycles. The van der Waals surface area contributed by atoms with E-state index in [4.69, 9.17) is 0 Å². The average Bonchev–Trinajstić information content (AvgIpc) is 3.31. The van der Waals surface area contributed by atoms with Gasteiger partial charge in [0.05, 0.1) is 5.70 Å². The van der Waals surface area contributed by atoms with Crippen molar-refractivity contribution in [1.29, 1.82) is 0 Å². The van der Waals surface area contributed by atoms with E-state index in [2.05, 4.69) is 21.9 Å². The van der Waals surface area contributed by atoms with E-state index < -0.39 is 5.92 Å². The van der Waals surface area contributed by atoms with Crippen LogP contribution >= 0.6 is 0 Å². The number of alkyl halides is 2. The normalized spacial score (nSPS) is 10.5. The number of allylic oxidation sites excluding steroid dienone is 2. The Hall–Kier alpha value is -2.50. The minimum atomic E-state index is -2.70. The van der Waals surface area contributed by atoms with Gasteiger partial charge >= 0.3 is 0 Å². The fraction of sp³-hybridized carbons (Fsp3) is 0.571. The van der Waals surface area contributed by atoms with Gasteiger partial charge in [-0.3, -0.25) is 4.99 Å². The highest BCUT2D eigenvalue weighted by Crippen LogP contribution is 2.26. The summed E-state index contributed by atoms with van der Waals surface area (Å²) < 4.78 is 29.8. The molecule has 4 nitrogen and oxygen atoms in total. The zero-order valence-electron chi connectivity index (χ0n) is 23.4. The molecule has 1 N–H and O–H groups in total. The molecule has 196 valence electrons. The molecule has 0 amide bonds. The number of rotatable bonds is 10. The summed E-state index contributed by atoms with van der Waals surface area (Å²) in [6, 6.07) is 3.88. The maximum absolute atomic E-state index is 13.9. The predicted molar refractivity (Wildman–Crippen MR) is 150 cm³/mol. The molecule has 0 aliphatic heterocycles. The van der Waals surface area contributed by atoms with Crippen molar-refractivity contribution in [2.24, 2.45) is 4.99 Å². The zero-order valence-corrected chi connectivity index (χ0v) is 23.4. The number of halogens is 2. The maximum atomic E-state index is 13.9. The number of aliphatic imine (C=N–C) groups is 1. The van der Waals surface area contributed by atoms with Crippen LogP contribution in [0.15, 0.2) is 48.4 Å². The summed E-state index contributed by atoms with van der Waals surface area (Å²) in [7, 11) is 0. The lowest BCUT2D eigenvalue weighted by molar-refractivity contribution is -0.0145. The van der Waals surface area contributed by atoms with Crippen molar-refractivity contribution < 1.29 is 8.78 Å². The van der Waals surface area contributed by atoms with Crippen LogP contribution in [-0.4, -0.2) is 34.8 Å². The van der Waals surface area contributed by atoms with E-state index in [-0.39, 0.29) is 19.4 Å². The van der Waals surface area contributed by atoms with Gasteiger partial charge in [0.2, 0.25) is 5.92 Å². The Morgan fingerprint density at radius 1 is 1.12 bits per heavy atom. The third kappa shape index (κ3) is 13.9. The number of hydrogen-bond donors (Lipinski definition) is 1. The minimum absolute atomic E-state index is 0.191. The van der Waals surface area contributed by atoms with Crippen molar-refractivity contribution in [3.8, 4) is 0 Å². The lowest BCUT2D eigenvalue weighted by Crippen LogP contribution is -2.23. The average molecular weight is 481 g/mol. The first-order valence-corrected chi connectivity index (χ1v) is 12.9. The molecule has 0 atom stereocenters. The van der Waals surface area contributed by atoms with E-state index in [1.807, 2.05) is 104 Å². The summed E-state index contributed by atoms with van der Waals surface area (Å²) in [6.07, 6.45) is 8.72. The van der Waals surface area contributed by atoms with Crippen LogP contribution in [0.3, 0.4) is 0 Å². The molecule has 0 bridgehead atoms. The van der Waals surface area contributed by atoms with Gasteiger partial charge in [-0.25, -0.2) is 13.8 Å². The number of hydrogen-bond acceptors (Lipinski definition) is 3. The molecule has 0 saturated carbocycles. The molecule has 0 unspecified atom stereocenters. The van der Waals surface area contributed by atoms with Gasteiger partial charge in [0.1, 0.15) is 5.65 Å². The van der Waals surface area contributed by atoms with Gasteiger partial charge in [0.15, 0.2) is 0 Å². The number of nitrogens with zero attached hydrogens (tertiary/aromatic N) is 3. The van der Waals surface area contributed by atoms with E-state index in [0.717, 1.165) is 22.3 Å². The van der Waals surface area contributed by atoms with E-state index in [9.17, 15) is 8.78 Å². The number of fused-ring (bicyclic) bond motifs is 1. The van der Waals surface area contributed by atoms with Crippen LogP contribution < -0.4 is 5.32 Å². The molecule has 0 spiro atoms. The van der Waals surface area contributed by atoms with Crippen LogP contribution in [0.25, 0.3) is 16.7 Å². The van der Waals surface area contributed by atoms with Crippen LogP contribution in [-0.2, 0) is 6.42 Å². The molecule has 34 heavy (non-hydrogen) atoms. The maximum Gasteiger partial charge on any atom is 0.250 e. The smallest absolute Gasteiger partial charge is 0.250 e. The molecule has 2 heterocycles. The van der Waals surface area contributed by atoms with Crippen molar-refractivity contribution in [2.45, 2.75) is 94.4 Å². The molecule has 0 fully saturated rings. The van der Waals surface area contributed by atoms with Crippen molar-refractivity contribution in [1.82, 2.24) is 14.9 Å². The van der Waals surface area contributed by atoms with Crippen molar-refractivity contribution in [2.75, 3.05) is 13.1 Å². The predicted octanol–water partition coefficient (Wildman–Crippen LogP) is 8.78. The first-order chi connectivity index (χ1) is 16.5. The summed E-state index contributed by atoms with van der Waals surface area (Å²) in [6.45, 7) is 24.3. The largest absolute Gasteiger partial charge is 0.391 e. The zero-order chi connectivity index (χ0) is 27.0. The van der Waals surface area contributed by atoms with Gasteiger partial charge in [0, 0.05) is 49.9 Å². The second kappa shape index (κ2) is 23.7. The summed E-state index contributed by atoms with van der Waals surface area (Å²) in [4.78, 5) is 8.76. The van der Waals surface area contributed by atoms with Crippen LogP contribution in [0, 0.1) is 0 Å². The topological polar surface area (TPSA) is 42.2 Å². The molecule has 2 rings (SSSR count). The third-order valence-electron chi connectivity index (χ3n) is 4.12. The Kier molecular flexibility index (Phi) is 25.1. The Balaban J connectivity index is -0.00000108. The molecule has 0 saturated heterocycles. The highest BCUT2D eigenvalue weighted by Gasteiger charge is 2.27. The summed E-state index contributed by atoms with van der Waals surface area (Å²) >= 11 is 0. The Labute approximate surface area is 208 Å². The van der Waals surface area contributed by atoms with Crippen LogP contribution in [0.4, 0.5) is 8.78 Å². The molecular formula is C28H50F2N4. The van der Waals surface area contributed by atoms with Gasteiger partial charge in [-0.2, -0.15) is 0 Å². The van der Waals surface area contributed by atoms with Gasteiger partial charge in [-0.15, -0.1) is 0 Å². The summed E-state index contributed by atoms with van der Waals surface area (Å²) in [5.74, 6) is -2.70. The van der Waals surface area contributed by atoms with Crippen molar-refractivity contribution in [3.05, 3.63) is 48.9 Å². The molecule has 2 aromatic rings. The SMILES string of the molecule is C=CNCCC(F)(F)CCc1cnc2c(ccn2/C(C=NCC)=C/C)c1.CC.CC.CC.CC. The van der Waals surface area contributed by atoms with Gasteiger partial charge in [-0.1, -0.05) is 68.0 Å². The molecule has 2 aromatic heterocycles. The number of aryl methyl sites for hydroxylation is 1. The number of aromatic nitrogens is 2. The Bertz CT molecular complexity index is 793. The van der Waals surface area contributed by atoms with E-state index in [1.54, 1.807) is 6.20 Å². The van der Waals surface area contributed by atoms with Crippen LogP contribution in [0.1, 0.15) is 87.6 Å². The Morgan fingerprint density at radius 2 is 1.74 bits per heavy atom. The molecule has 6 heteroatoms. The molecule has 0 aliphatic carbocycles. The Morgan fingerprint density at radius 3 is 2.26 bits per heavy atom. The van der Waals surface area contributed by atoms with Crippen LogP contribution in [0.2, 0.25) is 0 Å². The highest BCUT2D eigenvalue weighted by molar-refractivity contribution is 6.04. The second-order valence-corrected chi connectivity index (χ2v) is 6.05. The molecule has 0 aliphatic rings. The second-order valence-electron chi connectivity index (χ2n) is 6.05. The fourth-order valence-corrected chi connectivity index (χ4v) is 2.68. The summed E-state index contributed by atoms with van der Waals surface area (Å²) in [5.41, 5.74) is 2.55. The summed E-state index contributed by atoms with van der Waals surface area (Å²) in [5, 5.41) is 3.65. The quantitative estimate of drug-likeness (QED) is 0.273. The van der Waals surface area contributed by atoms with Gasteiger partial charge in [0.25, 0.3) is 0 Å². The first kappa shape index (κ1) is 36.1. The first-order valence-electron chi connectivity index (χ1n) is 12.9. The minimum Gasteiger partial charge on any atom is -0.391 e. The number of nitrogens with one attached hydrogen (secondary N) is 1. The monoisotopic (exact) mass is 480 g/mol. The van der Waals surface area contributed by atoms with E-state index in [0.29, 0.717) is 13.0 Å². The lowest BCUT2D eigenvalue weighted by Gasteiger charge is -2.16. The van der Waals surface area contributed by atoms with Crippen molar-refractivity contribution in [3.63, 3.8) is 0 Å². The third-order valence-corrected chi connectivity index (χ3v) is 4.12. The van der Waals surface area contributed by atoms with Crippen LogP contribution in [0.5, 0.6) is 0 Å². The molecular weight excluding hydrogens is 430 g/mol. The van der Waals surface area contributed by atoms with Crippen molar-refractivity contribution >= 4 is 22.9 Å².